The SMILES string of the molecule is CCC(=O)N1CCN(c2cccc(S(=O)(=O)Nc3nccs3)c2)CC1.Oc1cccc(Cl)c1Cl.[HH].[HH]. The number of thiazole rings is 1. The molecule has 0 saturated carbocycles. The summed E-state index contributed by atoms with van der Waals surface area (Å²) in [5.74, 6) is 0.174. The number of phenols is 1. The summed E-state index contributed by atoms with van der Waals surface area (Å²) in [6, 6.07) is 11.6. The lowest BCUT2D eigenvalue weighted by atomic mass is 10.2. The van der Waals surface area contributed by atoms with Crippen molar-refractivity contribution in [3.05, 3.63) is 64.1 Å². The second-order valence-electron chi connectivity index (χ2n) is 7.23. The Bertz CT molecular complexity index is 1210. The van der Waals surface area contributed by atoms with E-state index in [0.29, 0.717) is 42.8 Å². The molecule has 0 atom stereocenters. The van der Waals surface area contributed by atoms with Crippen LogP contribution in [0.1, 0.15) is 16.2 Å². The third-order valence-corrected chi connectivity index (χ3v) is 7.98. The molecule has 1 aliphatic heterocycles. The van der Waals surface area contributed by atoms with Gasteiger partial charge in [-0.05, 0) is 30.3 Å². The van der Waals surface area contributed by atoms with E-state index in [1.54, 1.807) is 41.9 Å². The summed E-state index contributed by atoms with van der Waals surface area (Å²) in [5, 5.41) is 11.5. The maximum Gasteiger partial charge on any atom is 0.263 e. The second kappa shape index (κ2) is 11.7. The maximum atomic E-state index is 12.5. The molecular formula is C22H28Cl2N4O4S2. The molecule has 34 heavy (non-hydrogen) atoms. The molecule has 1 aromatic heterocycles. The highest BCUT2D eigenvalue weighted by atomic mass is 35.5. The van der Waals surface area contributed by atoms with Crippen molar-refractivity contribution in [2.75, 3.05) is 35.8 Å². The standard InChI is InChI=1S/C16H20N4O3S2.C6H4Cl2O.2H2/c1-2-15(21)20-9-7-19(8-10-20)13-4-3-5-14(12-13)25(22,23)18-16-17-6-11-24-16;7-4-2-1-3-5(9)6(4)8;;/h3-6,11-12H,2,7-10H2,1H3,(H,17,18);1-3,9H;2*1H. The third kappa shape index (κ3) is 6.75. The summed E-state index contributed by atoms with van der Waals surface area (Å²) in [6.07, 6.45) is 2.06. The molecule has 2 aromatic carbocycles. The molecule has 3 aromatic rings. The van der Waals surface area contributed by atoms with Crippen molar-refractivity contribution in [1.29, 1.82) is 0 Å². The average Bonchev–Trinajstić information content (AvgIpc) is 3.35. The van der Waals surface area contributed by atoms with E-state index in [4.69, 9.17) is 28.3 Å². The van der Waals surface area contributed by atoms with Gasteiger partial charge in [-0.15, -0.1) is 11.3 Å². The Hall–Kier alpha value is -2.53. The number of piperazine rings is 1. The Morgan fingerprint density at radius 1 is 1.18 bits per heavy atom. The normalized spacial score (nSPS) is 13.7. The van der Waals surface area contributed by atoms with Gasteiger partial charge >= 0.3 is 0 Å². The highest BCUT2D eigenvalue weighted by Gasteiger charge is 2.22. The Kier molecular flexibility index (Phi) is 9.01. The zero-order chi connectivity index (χ0) is 24.7. The molecular weight excluding hydrogens is 519 g/mol. The molecule has 2 N–H and O–H groups in total. The molecule has 0 unspecified atom stereocenters. The maximum absolute atomic E-state index is 12.5. The van der Waals surface area contributed by atoms with Gasteiger partial charge in [0.15, 0.2) is 5.13 Å². The molecule has 12 heteroatoms. The number of nitrogens with zero attached hydrogens (tertiary/aromatic N) is 3. The van der Waals surface area contributed by atoms with Gasteiger partial charge < -0.3 is 14.9 Å². The van der Waals surface area contributed by atoms with Crippen LogP contribution in [-0.4, -0.2) is 55.5 Å². The number of nitrogens with one attached hydrogen (secondary N) is 1. The van der Waals surface area contributed by atoms with E-state index in [2.05, 4.69) is 14.6 Å². The monoisotopic (exact) mass is 546 g/mol. The first-order chi connectivity index (χ1) is 16.2. The molecule has 186 valence electrons. The first-order valence-corrected chi connectivity index (χ1v) is 13.5. The Labute approximate surface area is 215 Å². The van der Waals surface area contributed by atoms with E-state index in [-0.39, 0.29) is 24.4 Å². The van der Waals surface area contributed by atoms with E-state index in [1.165, 1.54) is 17.4 Å². The molecule has 1 aliphatic rings. The number of aromatic hydroxyl groups is 1. The molecule has 2 heterocycles. The van der Waals surface area contributed by atoms with Gasteiger partial charge in [-0.2, -0.15) is 0 Å². The Balaban J connectivity index is 0.000000502. The summed E-state index contributed by atoms with van der Waals surface area (Å²) >= 11 is 12.3. The van der Waals surface area contributed by atoms with Crippen LogP contribution in [-0.2, 0) is 14.8 Å². The number of halogens is 2. The van der Waals surface area contributed by atoms with E-state index in [0.717, 1.165) is 5.69 Å². The van der Waals surface area contributed by atoms with Gasteiger partial charge in [0.25, 0.3) is 10.0 Å². The predicted octanol–water partition coefficient (Wildman–Crippen LogP) is 5.19. The fraction of sp³-hybridized carbons (Fsp3) is 0.273. The lowest BCUT2D eigenvalue weighted by molar-refractivity contribution is -0.131. The van der Waals surface area contributed by atoms with Gasteiger partial charge in [-0.1, -0.05) is 42.3 Å². The van der Waals surface area contributed by atoms with E-state index < -0.39 is 10.0 Å². The van der Waals surface area contributed by atoms with Crippen molar-refractivity contribution in [1.82, 2.24) is 9.88 Å². The smallest absolute Gasteiger partial charge is 0.263 e. The lowest BCUT2D eigenvalue weighted by Gasteiger charge is -2.36. The van der Waals surface area contributed by atoms with Crippen molar-refractivity contribution in [3.63, 3.8) is 0 Å². The number of anilines is 2. The number of carbonyl (C=O) groups excluding carboxylic acids is 1. The van der Waals surface area contributed by atoms with Crippen LogP contribution in [0.15, 0.2) is 58.9 Å². The highest BCUT2D eigenvalue weighted by Crippen LogP contribution is 2.29. The largest absolute Gasteiger partial charge is 0.506 e. The number of benzene rings is 2. The summed E-state index contributed by atoms with van der Waals surface area (Å²) in [7, 11) is -3.67. The lowest BCUT2D eigenvalue weighted by Crippen LogP contribution is -2.48. The predicted molar refractivity (Wildman–Crippen MR) is 141 cm³/mol. The van der Waals surface area contributed by atoms with Crippen molar-refractivity contribution in [2.45, 2.75) is 18.2 Å². The number of rotatable bonds is 5. The first-order valence-electron chi connectivity index (χ1n) is 10.4. The number of phenolic OH excluding ortho intramolecular Hbond substituents is 1. The van der Waals surface area contributed by atoms with Gasteiger partial charge in [-0.3, -0.25) is 9.52 Å². The number of amides is 1. The summed E-state index contributed by atoms with van der Waals surface area (Å²) in [4.78, 5) is 19.9. The number of hydrogen-bond acceptors (Lipinski definition) is 7. The van der Waals surface area contributed by atoms with Gasteiger partial charge in [0.05, 0.1) is 9.92 Å². The van der Waals surface area contributed by atoms with Crippen molar-refractivity contribution in [2.24, 2.45) is 0 Å². The number of aromatic nitrogens is 1. The van der Waals surface area contributed by atoms with Crippen LogP contribution >= 0.6 is 34.5 Å². The van der Waals surface area contributed by atoms with E-state index >= 15 is 0 Å². The molecule has 8 nitrogen and oxygen atoms in total. The van der Waals surface area contributed by atoms with Crippen molar-refractivity contribution in [3.8, 4) is 5.75 Å². The van der Waals surface area contributed by atoms with Crippen molar-refractivity contribution >= 4 is 61.3 Å². The minimum atomic E-state index is -3.67. The van der Waals surface area contributed by atoms with Crippen molar-refractivity contribution < 1.29 is 21.2 Å². The minimum absolute atomic E-state index is 0. The summed E-state index contributed by atoms with van der Waals surface area (Å²) in [6.45, 7) is 4.55. The first kappa shape index (κ1) is 26.1. The Morgan fingerprint density at radius 2 is 1.88 bits per heavy atom. The van der Waals surface area contributed by atoms with Crippen LogP contribution in [0.5, 0.6) is 5.75 Å². The number of hydrogen-bond donors (Lipinski definition) is 2. The van der Waals surface area contributed by atoms with Crippen LogP contribution in [0.4, 0.5) is 10.8 Å². The zero-order valence-electron chi connectivity index (χ0n) is 18.3. The van der Waals surface area contributed by atoms with Gasteiger partial charge in [0.2, 0.25) is 5.91 Å². The quantitative estimate of drug-likeness (QED) is 0.456. The molecule has 0 radical (unpaired) electrons. The van der Waals surface area contributed by atoms with Crippen LogP contribution in [0.25, 0.3) is 0 Å². The molecule has 1 saturated heterocycles. The zero-order valence-corrected chi connectivity index (χ0v) is 21.5. The third-order valence-electron chi connectivity index (χ3n) is 5.01. The fourth-order valence-corrected chi connectivity index (χ4v) is 5.35. The molecule has 0 bridgehead atoms. The summed E-state index contributed by atoms with van der Waals surface area (Å²) in [5.41, 5.74) is 0.839. The van der Waals surface area contributed by atoms with Gasteiger partial charge in [-0.25, -0.2) is 13.4 Å². The minimum Gasteiger partial charge on any atom is -0.506 e. The molecule has 0 aliphatic carbocycles. The van der Waals surface area contributed by atoms with Crippen LogP contribution in [0.3, 0.4) is 0 Å². The Morgan fingerprint density at radius 3 is 2.47 bits per heavy atom. The number of carbonyl (C=O) groups is 1. The number of sulfonamides is 1. The van der Waals surface area contributed by atoms with Gasteiger partial charge in [0.1, 0.15) is 10.8 Å². The highest BCUT2D eigenvalue weighted by molar-refractivity contribution is 7.93. The van der Waals surface area contributed by atoms with Crippen LogP contribution in [0, 0.1) is 0 Å². The molecule has 1 amide bonds. The topological polar surface area (TPSA) is 103 Å². The molecule has 4 rings (SSSR count). The van der Waals surface area contributed by atoms with E-state index in [9.17, 15) is 13.2 Å². The molecule has 0 spiro atoms. The average molecular weight is 548 g/mol. The van der Waals surface area contributed by atoms with Crippen LogP contribution in [0.2, 0.25) is 10.0 Å². The van der Waals surface area contributed by atoms with Crippen LogP contribution < -0.4 is 9.62 Å². The second-order valence-corrected chi connectivity index (χ2v) is 10.6. The van der Waals surface area contributed by atoms with Gasteiger partial charge in [0, 0.05) is 52.7 Å². The fourth-order valence-electron chi connectivity index (χ4n) is 3.23. The van der Waals surface area contributed by atoms with E-state index in [1.807, 2.05) is 17.9 Å². The molecule has 1 fully saturated rings. The summed E-state index contributed by atoms with van der Waals surface area (Å²) < 4.78 is 27.5.